The summed E-state index contributed by atoms with van der Waals surface area (Å²) in [5.74, 6) is 1.88. The molecule has 0 bridgehead atoms. The lowest BCUT2D eigenvalue weighted by Crippen LogP contribution is -2.56. The van der Waals surface area contributed by atoms with Gasteiger partial charge in [0.05, 0.1) is 14.2 Å². The van der Waals surface area contributed by atoms with Gasteiger partial charge in [-0.3, -0.25) is 9.69 Å². The minimum absolute atomic E-state index is 0.126. The average Bonchev–Trinajstić information content (AvgIpc) is 3.25. The van der Waals surface area contributed by atoms with Gasteiger partial charge in [-0.05, 0) is 55.8 Å². The Hall–Kier alpha value is -2.75. The normalized spacial score (nSPS) is 19.2. The van der Waals surface area contributed by atoms with Gasteiger partial charge in [0.15, 0.2) is 5.82 Å². The van der Waals surface area contributed by atoms with Crippen LogP contribution < -0.4 is 9.47 Å². The summed E-state index contributed by atoms with van der Waals surface area (Å²) in [5.41, 5.74) is -0.0566. The molecule has 170 valence electrons. The van der Waals surface area contributed by atoms with Crippen molar-refractivity contribution in [3.05, 3.63) is 23.5 Å². The number of rotatable bonds is 8. The van der Waals surface area contributed by atoms with Crippen molar-refractivity contribution in [2.24, 2.45) is 5.92 Å². The van der Waals surface area contributed by atoms with Crippen LogP contribution in [0.3, 0.4) is 0 Å². The maximum absolute atomic E-state index is 13.4. The number of hydrogen-bond acceptors (Lipinski definition) is 8. The number of likely N-dealkylation sites (tertiary alicyclic amines) is 1. The summed E-state index contributed by atoms with van der Waals surface area (Å²) >= 11 is 0. The van der Waals surface area contributed by atoms with Gasteiger partial charge in [0.25, 0.3) is 5.91 Å². The maximum Gasteiger partial charge on any atom is 0.259 e. The minimum Gasteiger partial charge on any atom is -0.481 e. The fourth-order valence-electron chi connectivity index (χ4n) is 4.05. The number of carbonyl (C=O) groups excluding carboxylic acids is 1. The summed E-state index contributed by atoms with van der Waals surface area (Å²) in [4.78, 5) is 21.7. The zero-order valence-corrected chi connectivity index (χ0v) is 19.3. The van der Waals surface area contributed by atoms with E-state index in [0.29, 0.717) is 30.5 Å². The number of methoxy groups -OCH3 is 2. The Morgan fingerprint density at radius 3 is 2.68 bits per heavy atom. The van der Waals surface area contributed by atoms with E-state index in [2.05, 4.69) is 39.3 Å². The Bertz CT molecular complexity index is 899. The Morgan fingerprint density at radius 2 is 2.03 bits per heavy atom. The molecule has 0 radical (unpaired) electrons. The van der Waals surface area contributed by atoms with Gasteiger partial charge in [0.2, 0.25) is 11.8 Å². The summed E-state index contributed by atoms with van der Waals surface area (Å²) in [7, 11) is 7.07. The van der Waals surface area contributed by atoms with Crippen molar-refractivity contribution in [2.75, 3.05) is 41.4 Å². The molecule has 0 saturated carbocycles. The molecule has 1 amide bonds. The highest BCUT2D eigenvalue weighted by Gasteiger charge is 2.45. The van der Waals surface area contributed by atoms with Crippen LogP contribution in [0.25, 0.3) is 0 Å². The van der Waals surface area contributed by atoms with E-state index in [1.165, 1.54) is 14.2 Å². The Morgan fingerprint density at radius 1 is 1.26 bits per heavy atom. The van der Waals surface area contributed by atoms with E-state index in [4.69, 9.17) is 9.47 Å². The average molecular weight is 432 g/mol. The number of tetrazole rings is 1. The van der Waals surface area contributed by atoms with E-state index in [1.807, 2.05) is 23.7 Å². The van der Waals surface area contributed by atoms with E-state index in [1.54, 1.807) is 12.1 Å². The first-order valence-corrected chi connectivity index (χ1v) is 10.6. The van der Waals surface area contributed by atoms with Crippen LogP contribution in [0.2, 0.25) is 0 Å². The SMILES string of the molecule is COc1ccc(C(=O)N2CCCC(c3nnnn3CCC(C)C)(N(C)C)C2)c(OC)n1. The first kappa shape index (κ1) is 22.9. The Balaban J connectivity index is 1.91. The van der Waals surface area contributed by atoms with Crippen molar-refractivity contribution in [3.63, 3.8) is 0 Å². The van der Waals surface area contributed by atoms with E-state index >= 15 is 0 Å². The van der Waals surface area contributed by atoms with Crippen molar-refractivity contribution < 1.29 is 14.3 Å². The van der Waals surface area contributed by atoms with Crippen LogP contribution >= 0.6 is 0 Å². The number of ether oxygens (including phenoxy) is 2. The summed E-state index contributed by atoms with van der Waals surface area (Å²) in [6, 6.07) is 3.37. The fourth-order valence-corrected chi connectivity index (χ4v) is 4.05. The van der Waals surface area contributed by atoms with Crippen molar-refractivity contribution >= 4 is 5.91 Å². The van der Waals surface area contributed by atoms with Gasteiger partial charge in [-0.2, -0.15) is 4.98 Å². The highest BCUT2D eigenvalue weighted by atomic mass is 16.5. The van der Waals surface area contributed by atoms with Gasteiger partial charge in [0.1, 0.15) is 11.1 Å². The maximum atomic E-state index is 13.4. The summed E-state index contributed by atoms with van der Waals surface area (Å²) in [6.07, 6.45) is 2.69. The van der Waals surface area contributed by atoms with Crippen LogP contribution in [0.4, 0.5) is 0 Å². The molecule has 1 unspecified atom stereocenters. The number of hydrogen-bond donors (Lipinski definition) is 0. The smallest absolute Gasteiger partial charge is 0.259 e. The third-order valence-electron chi connectivity index (χ3n) is 5.95. The van der Waals surface area contributed by atoms with Crippen molar-refractivity contribution in [3.8, 4) is 11.8 Å². The number of aryl methyl sites for hydroxylation is 1. The van der Waals surface area contributed by atoms with E-state index in [0.717, 1.165) is 31.6 Å². The number of nitrogens with zero attached hydrogens (tertiary/aromatic N) is 7. The molecule has 1 fully saturated rings. The number of carbonyl (C=O) groups is 1. The molecule has 2 aromatic heterocycles. The lowest BCUT2D eigenvalue weighted by atomic mass is 9.86. The minimum atomic E-state index is -0.471. The van der Waals surface area contributed by atoms with Gasteiger partial charge < -0.3 is 14.4 Å². The molecule has 0 aromatic carbocycles. The monoisotopic (exact) mass is 431 g/mol. The quantitative estimate of drug-likeness (QED) is 0.624. The van der Waals surface area contributed by atoms with Crippen LogP contribution in [-0.4, -0.2) is 82.3 Å². The third kappa shape index (κ3) is 4.63. The van der Waals surface area contributed by atoms with Crippen LogP contribution in [0, 0.1) is 5.92 Å². The third-order valence-corrected chi connectivity index (χ3v) is 5.95. The van der Waals surface area contributed by atoms with Gasteiger partial charge in [-0.25, -0.2) is 4.68 Å². The largest absolute Gasteiger partial charge is 0.481 e. The second kappa shape index (κ2) is 9.59. The highest BCUT2D eigenvalue weighted by Crippen LogP contribution is 2.36. The first-order valence-electron chi connectivity index (χ1n) is 10.6. The number of likely N-dealkylation sites (N-methyl/N-ethyl adjacent to an activating group) is 1. The van der Waals surface area contributed by atoms with E-state index < -0.39 is 5.54 Å². The molecular weight excluding hydrogens is 398 g/mol. The summed E-state index contributed by atoms with van der Waals surface area (Å²) in [6.45, 7) is 6.25. The zero-order chi connectivity index (χ0) is 22.6. The first-order chi connectivity index (χ1) is 14.8. The van der Waals surface area contributed by atoms with Gasteiger partial charge in [-0.15, -0.1) is 5.10 Å². The summed E-state index contributed by atoms with van der Waals surface area (Å²) < 4.78 is 12.4. The molecule has 3 rings (SSSR count). The molecule has 10 heteroatoms. The Labute approximate surface area is 183 Å². The van der Waals surface area contributed by atoms with Gasteiger partial charge in [-0.1, -0.05) is 13.8 Å². The number of amides is 1. The topological polar surface area (TPSA) is 98.5 Å². The van der Waals surface area contributed by atoms with Crippen LogP contribution in [0.1, 0.15) is 49.3 Å². The van der Waals surface area contributed by atoms with Gasteiger partial charge in [0, 0.05) is 25.7 Å². The second-order valence-electron chi connectivity index (χ2n) is 8.57. The second-order valence-corrected chi connectivity index (χ2v) is 8.57. The Kier molecular flexibility index (Phi) is 7.09. The van der Waals surface area contributed by atoms with Crippen LogP contribution in [-0.2, 0) is 12.1 Å². The van der Waals surface area contributed by atoms with E-state index in [-0.39, 0.29) is 11.8 Å². The zero-order valence-electron chi connectivity index (χ0n) is 19.3. The molecule has 3 heterocycles. The molecule has 0 aliphatic carbocycles. The molecule has 0 spiro atoms. The van der Waals surface area contributed by atoms with Crippen molar-refractivity contribution in [1.29, 1.82) is 0 Å². The van der Waals surface area contributed by atoms with E-state index in [9.17, 15) is 4.79 Å². The molecule has 1 aliphatic heterocycles. The molecule has 1 aliphatic rings. The summed E-state index contributed by atoms with van der Waals surface area (Å²) in [5, 5.41) is 12.6. The number of pyridine rings is 1. The number of aromatic nitrogens is 5. The number of piperidine rings is 1. The van der Waals surface area contributed by atoms with Gasteiger partial charge >= 0.3 is 0 Å². The van der Waals surface area contributed by atoms with Crippen molar-refractivity contribution in [1.82, 2.24) is 35.0 Å². The molecule has 0 N–H and O–H groups in total. The lowest BCUT2D eigenvalue weighted by Gasteiger charge is -2.45. The molecule has 1 atom stereocenters. The van der Waals surface area contributed by atoms with Crippen LogP contribution in [0.5, 0.6) is 11.8 Å². The molecular formula is C21H33N7O3. The molecule has 2 aromatic rings. The standard InChI is InChI=1S/C21H33N7O3/c1-15(2)10-13-28-20(23-24-25-28)21(26(3)4)11-7-12-27(14-21)19(29)16-8-9-17(30-5)22-18(16)31-6/h8-9,15H,7,10-14H2,1-6H3. The molecule has 10 nitrogen and oxygen atoms in total. The lowest BCUT2D eigenvalue weighted by molar-refractivity contribution is 0.0254. The molecule has 1 saturated heterocycles. The highest BCUT2D eigenvalue weighted by molar-refractivity contribution is 5.96. The fraction of sp³-hybridized carbons (Fsp3) is 0.667. The predicted molar refractivity (Wildman–Crippen MR) is 115 cm³/mol. The molecule has 31 heavy (non-hydrogen) atoms. The van der Waals surface area contributed by atoms with Crippen LogP contribution in [0.15, 0.2) is 12.1 Å². The predicted octanol–water partition coefficient (Wildman–Crippen LogP) is 1.82. The van der Waals surface area contributed by atoms with Crippen molar-refractivity contribution in [2.45, 2.75) is 45.2 Å².